The molecule has 1 saturated carbocycles. The van der Waals surface area contributed by atoms with Crippen LogP contribution in [0.1, 0.15) is 61.3 Å². The summed E-state index contributed by atoms with van der Waals surface area (Å²) in [5, 5.41) is 15.2. The number of aromatic nitrogens is 1. The van der Waals surface area contributed by atoms with Gasteiger partial charge in [-0.2, -0.15) is 0 Å². The standard InChI is InChI=1S/C30H35N3O3/c1-29(2)22-7-6-20(25(29)17-22)19-33-13-10-30(35,11-14-33)23-8-9-26-21(15-23)16-27(36-26)28(34)32-18-24-5-3-4-12-31-24/h3-6,8-9,12,15-16,22,25,35H,7,10-11,13-14,17-19H2,1-2H3,(H,32,34)/t22-,25-/m0/s1. The monoisotopic (exact) mass is 485 g/mol. The molecular weight excluding hydrogens is 450 g/mol. The summed E-state index contributed by atoms with van der Waals surface area (Å²) in [7, 11) is 0. The fraction of sp³-hybridized carbons (Fsp3) is 0.467. The van der Waals surface area contributed by atoms with Crippen LogP contribution in [-0.4, -0.2) is 40.5 Å². The SMILES string of the molecule is CC1(C)[C@H]2CC=C(CN3CCC(O)(c4ccc5oc(C(=O)NCc6ccccn6)cc5c4)CC3)[C@@H]1C2. The Kier molecular flexibility index (Phi) is 5.77. The van der Waals surface area contributed by atoms with Crippen molar-refractivity contribution < 1.29 is 14.3 Å². The molecule has 36 heavy (non-hydrogen) atoms. The number of amides is 1. The van der Waals surface area contributed by atoms with Gasteiger partial charge < -0.3 is 14.8 Å². The minimum absolute atomic E-state index is 0.266. The van der Waals surface area contributed by atoms with E-state index >= 15 is 0 Å². The van der Waals surface area contributed by atoms with Crippen LogP contribution in [0.2, 0.25) is 0 Å². The molecule has 0 radical (unpaired) electrons. The summed E-state index contributed by atoms with van der Waals surface area (Å²) >= 11 is 0. The fourth-order valence-electron chi connectivity index (χ4n) is 6.49. The first kappa shape index (κ1) is 23.4. The summed E-state index contributed by atoms with van der Waals surface area (Å²) < 4.78 is 5.80. The molecule has 188 valence electrons. The lowest BCUT2D eigenvalue weighted by Gasteiger charge is -2.57. The molecule has 1 aromatic carbocycles. The van der Waals surface area contributed by atoms with E-state index in [4.69, 9.17) is 4.42 Å². The summed E-state index contributed by atoms with van der Waals surface area (Å²) in [6, 6.07) is 13.1. The van der Waals surface area contributed by atoms with Gasteiger partial charge in [0.05, 0.1) is 17.8 Å². The molecule has 0 spiro atoms. The van der Waals surface area contributed by atoms with Crippen LogP contribution in [0.4, 0.5) is 0 Å². The number of hydrogen-bond donors (Lipinski definition) is 2. The van der Waals surface area contributed by atoms with E-state index in [-0.39, 0.29) is 11.7 Å². The van der Waals surface area contributed by atoms with Crippen LogP contribution in [0.5, 0.6) is 0 Å². The van der Waals surface area contributed by atoms with Gasteiger partial charge in [-0.25, -0.2) is 0 Å². The van der Waals surface area contributed by atoms with Crippen molar-refractivity contribution in [2.24, 2.45) is 17.3 Å². The van der Waals surface area contributed by atoms with Crippen LogP contribution >= 0.6 is 0 Å². The summed E-state index contributed by atoms with van der Waals surface area (Å²) in [6.45, 7) is 8.00. The highest BCUT2D eigenvalue weighted by Gasteiger charge is 2.51. The van der Waals surface area contributed by atoms with Crippen molar-refractivity contribution in [1.29, 1.82) is 0 Å². The lowest BCUT2D eigenvalue weighted by atomic mass is 9.49. The van der Waals surface area contributed by atoms with Crippen LogP contribution in [-0.2, 0) is 12.1 Å². The maximum absolute atomic E-state index is 12.6. The minimum atomic E-state index is -0.856. The van der Waals surface area contributed by atoms with Crippen molar-refractivity contribution in [3.8, 4) is 0 Å². The van der Waals surface area contributed by atoms with E-state index < -0.39 is 5.60 Å². The van der Waals surface area contributed by atoms with Gasteiger partial charge in [-0.3, -0.25) is 14.7 Å². The Bertz CT molecular complexity index is 1300. The van der Waals surface area contributed by atoms with E-state index in [2.05, 4.69) is 35.1 Å². The third kappa shape index (κ3) is 4.16. The van der Waals surface area contributed by atoms with E-state index in [1.807, 2.05) is 36.4 Å². The number of furan rings is 1. The Morgan fingerprint density at radius 2 is 2.03 bits per heavy atom. The summed E-state index contributed by atoms with van der Waals surface area (Å²) in [6.07, 6.45) is 8.18. The highest BCUT2D eigenvalue weighted by molar-refractivity contribution is 5.96. The predicted molar refractivity (Wildman–Crippen MR) is 139 cm³/mol. The average Bonchev–Trinajstić information content (AvgIpc) is 3.33. The van der Waals surface area contributed by atoms with Crippen LogP contribution in [0.15, 0.2) is 64.7 Å². The third-order valence-corrected chi connectivity index (χ3v) is 9.11. The van der Waals surface area contributed by atoms with E-state index in [9.17, 15) is 9.90 Å². The zero-order chi connectivity index (χ0) is 24.9. The highest BCUT2D eigenvalue weighted by atomic mass is 16.3. The van der Waals surface area contributed by atoms with Gasteiger partial charge in [-0.15, -0.1) is 0 Å². The number of nitrogens with one attached hydrogen (secondary N) is 1. The zero-order valence-corrected chi connectivity index (χ0v) is 21.2. The first-order chi connectivity index (χ1) is 17.3. The molecule has 3 aliphatic carbocycles. The van der Waals surface area contributed by atoms with E-state index in [1.54, 1.807) is 17.8 Å². The lowest BCUT2D eigenvalue weighted by Crippen LogP contribution is -2.51. The number of aliphatic hydroxyl groups is 1. The number of rotatable bonds is 6. The van der Waals surface area contributed by atoms with Gasteiger partial charge in [0.15, 0.2) is 5.76 Å². The summed E-state index contributed by atoms with van der Waals surface area (Å²) in [4.78, 5) is 19.3. The molecule has 2 bridgehead atoms. The second-order valence-electron chi connectivity index (χ2n) is 11.5. The molecule has 3 heterocycles. The number of fused-ring (bicyclic) bond motifs is 2. The molecule has 2 fully saturated rings. The Labute approximate surface area is 212 Å². The Morgan fingerprint density at radius 1 is 1.19 bits per heavy atom. The molecule has 2 atom stereocenters. The lowest BCUT2D eigenvalue weighted by molar-refractivity contribution is -0.0334. The predicted octanol–water partition coefficient (Wildman–Crippen LogP) is 5.03. The molecule has 0 unspecified atom stereocenters. The third-order valence-electron chi connectivity index (χ3n) is 9.11. The molecule has 1 aliphatic heterocycles. The van der Waals surface area contributed by atoms with Gasteiger partial charge in [0.2, 0.25) is 0 Å². The van der Waals surface area contributed by atoms with Crippen LogP contribution in [0, 0.1) is 17.3 Å². The molecular formula is C30H35N3O3. The van der Waals surface area contributed by atoms with Crippen molar-refractivity contribution in [3.05, 3.63) is 77.3 Å². The Morgan fingerprint density at radius 3 is 2.75 bits per heavy atom. The zero-order valence-electron chi connectivity index (χ0n) is 21.2. The van der Waals surface area contributed by atoms with E-state index in [0.29, 0.717) is 30.4 Å². The number of carbonyl (C=O) groups is 1. The van der Waals surface area contributed by atoms with Gasteiger partial charge in [-0.05, 0) is 78.8 Å². The van der Waals surface area contributed by atoms with Gasteiger partial charge in [0.1, 0.15) is 5.58 Å². The Hall–Kier alpha value is -2.96. The fourth-order valence-corrected chi connectivity index (χ4v) is 6.49. The van der Waals surface area contributed by atoms with Crippen molar-refractivity contribution in [2.75, 3.05) is 19.6 Å². The molecule has 4 aliphatic rings. The smallest absolute Gasteiger partial charge is 0.287 e. The molecule has 6 heteroatoms. The van der Waals surface area contributed by atoms with E-state index in [0.717, 1.165) is 48.1 Å². The average molecular weight is 486 g/mol. The molecule has 2 aromatic heterocycles. The number of nitrogens with zero attached hydrogens (tertiary/aromatic N) is 2. The largest absolute Gasteiger partial charge is 0.451 e. The van der Waals surface area contributed by atoms with Crippen LogP contribution in [0.25, 0.3) is 11.0 Å². The number of allylic oxidation sites excluding steroid dienone is 1. The van der Waals surface area contributed by atoms with Crippen molar-refractivity contribution in [2.45, 2.75) is 51.7 Å². The molecule has 1 saturated heterocycles. The van der Waals surface area contributed by atoms with Gasteiger partial charge in [0, 0.05) is 31.2 Å². The molecule has 3 aromatic rings. The van der Waals surface area contributed by atoms with Gasteiger partial charge in [-0.1, -0.05) is 37.6 Å². The van der Waals surface area contributed by atoms with Crippen LogP contribution in [0.3, 0.4) is 0 Å². The van der Waals surface area contributed by atoms with Crippen molar-refractivity contribution in [3.63, 3.8) is 0 Å². The molecule has 6 nitrogen and oxygen atoms in total. The highest BCUT2D eigenvalue weighted by Crippen LogP contribution is 2.59. The number of carbonyl (C=O) groups excluding carboxylic acids is 1. The first-order valence-electron chi connectivity index (χ1n) is 13.2. The topological polar surface area (TPSA) is 78.6 Å². The van der Waals surface area contributed by atoms with Crippen molar-refractivity contribution >= 4 is 16.9 Å². The minimum Gasteiger partial charge on any atom is -0.451 e. The van der Waals surface area contributed by atoms with Crippen LogP contribution < -0.4 is 5.32 Å². The van der Waals surface area contributed by atoms with Crippen molar-refractivity contribution in [1.82, 2.24) is 15.2 Å². The molecule has 1 amide bonds. The molecule has 7 rings (SSSR count). The number of benzene rings is 1. The number of likely N-dealkylation sites (tertiary alicyclic amines) is 1. The van der Waals surface area contributed by atoms with Gasteiger partial charge >= 0.3 is 0 Å². The summed E-state index contributed by atoms with van der Waals surface area (Å²) in [5.74, 6) is 1.59. The molecule has 2 N–H and O–H groups in total. The Balaban J connectivity index is 1.10. The van der Waals surface area contributed by atoms with Gasteiger partial charge in [0.25, 0.3) is 5.91 Å². The number of hydrogen-bond acceptors (Lipinski definition) is 5. The second kappa shape index (κ2) is 8.86. The normalized spacial score (nSPS) is 24.7. The number of pyridine rings is 1. The van der Waals surface area contributed by atoms with E-state index in [1.165, 1.54) is 12.8 Å². The quantitative estimate of drug-likeness (QED) is 0.479. The number of piperidine rings is 1. The maximum Gasteiger partial charge on any atom is 0.287 e. The first-order valence-corrected chi connectivity index (χ1v) is 13.2. The summed E-state index contributed by atoms with van der Waals surface area (Å²) in [5.41, 5.74) is 3.55. The second-order valence-corrected chi connectivity index (χ2v) is 11.5. The maximum atomic E-state index is 12.6.